The number of carbonyl (C=O) groups is 1. The van der Waals surface area contributed by atoms with Crippen LogP contribution in [0.1, 0.15) is 31.1 Å². The van der Waals surface area contributed by atoms with Gasteiger partial charge in [-0.2, -0.15) is 0 Å². The molecule has 1 aromatic carbocycles. The van der Waals surface area contributed by atoms with E-state index in [1.165, 1.54) is 0 Å². The quantitative estimate of drug-likeness (QED) is 0.864. The molecule has 2 N–H and O–H groups in total. The third kappa shape index (κ3) is 4.21. The molecule has 0 aliphatic carbocycles. The Hall–Kier alpha value is -1.07. The summed E-state index contributed by atoms with van der Waals surface area (Å²) in [5, 5.41) is 0. The summed E-state index contributed by atoms with van der Waals surface area (Å²) in [5.74, 6) is 0.658. The molecule has 0 aliphatic rings. The highest BCUT2D eigenvalue weighted by atomic mass is 79.9. The fourth-order valence-electron chi connectivity index (χ4n) is 1.87. The number of amides is 1. The lowest BCUT2D eigenvalue weighted by Crippen LogP contribution is -2.42. The van der Waals surface area contributed by atoms with Gasteiger partial charge in [0.25, 0.3) is 5.91 Å². The van der Waals surface area contributed by atoms with Crippen LogP contribution in [-0.2, 0) is 0 Å². The molecule has 0 heterocycles. The van der Waals surface area contributed by atoms with Gasteiger partial charge in [-0.1, -0.05) is 13.8 Å². The van der Waals surface area contributed by atoms with E-state index in [1.807, 2.05) is 24.0 Å². The molecule has 0 saturated carbocycles. The van der Waals surface area contributed by atoms with Gasteiger partial charge in [0.1, 0.15) is 5.75 Å². The Balaban J connectivity index is 3.02. The fraction of sp³-hybridized carbons (Fsp3) is 0.533. The molecule has 112 valence electrons. The minimum atomic E-state index is -0.100. The summed E-state index contributed by atoms with van der Waals surface area (Å²) in [6.45, 7) is 7.90. The van der Waals surface area contributed by atoms with Gasteiger partial charge in [0.05, 0.1) is 12.7 Å². The van der Waals surface area contributed by atoms with Crippen LogP contribution in [0.15, 0.2) is 22.7 Å². The lowest BCUT2D eigenvalue weighted by molar-refractivity contribution is 0.0699. The molecule has 20 heavy (non-hydrogen) atoms. The van der Waals surface area contributed by atoms with Gasteiger partial charge in [-0.05, 0) is 53.0 Å². The maximum Gasteiger partial charge on any atom is 0.255 e. The summed E-state index contributed by atoms with van der Waals surface area (Å²) in [7, 11) is 1.59. The fourth-order valence-corrected chi connectivity index (χ4v) is 2.29. The van der Waals surface area contributed by atoms with Crippen LogP contribution in [0.25, 0.3) is 0 Å². The summed E-state index contributed by atoms with van der Waals surface area (Å²) >= 11 is 3.43. The summed E-state index contributed by atoms with van der Waals surface area (Å²) in [4.78, 5) is 14.5. The first-order valence-electron chi connectivity index (χ1n) is 6.67. The Morgan fingerprint density at radius 3 is 2.60 bits per heavy atom. The highest BCUT2D eigenvalue weighted by Gasteiger charge is 2.24. The zero-order valence-corrected chi connectivity index (χ0v) is 14.2. The van der Waals surface area contributed by atoms with E-state index in [1.54, 1.807) is 13.2 Å². The topological polar surface area (TPSA) is 55.6 Å². The van der Waals surface area contributed by atoms with Crippen LogP contribution in [0.5, 0.6) is 5.75 Å². The minimum absolute atomic E-state index is 0.0141. The van der Waals surface area contributed by atoms with E-state index < -0.39 is 0 Å². The predicted molar refractivity (Wildman–Crippen MR) is 85.1 cm³/mol. The average molecular weight is 343 g/mol. The van der Waals surface area contributed by atoms with E-state index in [0.717, 1.165) is 4.47 Å². The van der Waals surface area contributed by atoms with Crippen LogP contribution in [0, 0.1) is 5.41 Å². The lowest BCUT2D eigenvalue weighted by Gasteiger charge is -2.31. The number of benzene rings is 1. The molecule has 0 spiro atoms. The lowest BCUT2D eigenvalue weighted by atomic mass is 9.93. The molecule has 1 amide bonds. The number of ether oxygens (including phenoxy) is 1. The molecule has 0 aliphatic heterocycles. The number of rotatable bonds is 6. The van der Waals surface area contributed by atoms with Crippen molar-refractivity contribution in [2.24, 2.45) is 11.1 Å². The van der Waals surface area contributed by atoms with Crippen molar-refractivity contribution in [3.8, 4) is 5.75 Å². The van der Waals surface area contributed by atoms with E-state index >= 15 is 0 Å². The maximum absolute atomic E-state index is 12.7. The second-order valence-corrected chi connectivity index (χ2v) is 6.39. The SMILES string of the molecule is CCN(CC(C)(C)CN)C(=O)c1cc(OC)ccc1Br. The molecular formula is C15H23BrN2O2. The summed E-state index contributed by atoms with van der Waals surface area (Å²) < 4.78 is 5.95. The van der Waals surface area contributed by atoms with Crippen molar-refractivity contribution in [1.29, 1.82) is 0 Å². The van der Waals surface area contributed by atoms with Crippen LogP contribution in [-0.4, -0.2) is 37.6 Å². The molecule has 1 aromatic rings. The molecule has 5 heteroatoms. The van der Waals surface area contributed by atoms with Gasteiger partial charge >= 0.3 is 0 Å². The predicted octanol–water partition coefficient (Wildman–Crippen LogP) is 2.90. The number of methoxy groups -OCH3 is 1. The smallest absolute Gasteiger partial charge is 0.255 e. The summed E-state index contributed by atoms with van der Waals surface area (Å²) in [5.41, 5.74) is 6.27. The molecule has 1 rings (SSSR count). The number of hydrogen-bond donors (Lipinski definition) is 1. The van der Waals surface area contributed by atoms with E-state index in [-0.39, 0.29) is 11.3 Å². The zero-order chi connectivity index (χ0) is 15.3. The first-order valence-corrected chi connectivity index (χ1v) is 7.47. The monoisotopic (exact) mass is 342 g/mol. The van der Waals surface area contributed by atoms with Crippen LogP contribution in [0.4, 0.5) is 0 Å². The zero-order valence-electron chi connectivity index (χ0n) is 12.6. The van der Waals surface area contributed by atoms with Gasteiger partial charge in [-0.25, -0.2) is 0 Å². The molecule has 0 saturated heterocycles. The number of halogens is 1. The summed E-state index contributed by atoms with van der Waals surface area (Å²) in [6, 6.07) is 5.40. The van der Waals surface area contributed by atoms with Gasteiger partial charge < -0.3 is 15.4 Å². The number of hydrogen-bond acceptors (Lipinski definition) is 3. The molecule has 0 aromatic heterocycles. The van der Waals surface area contributed by atoms with E-state index in [0.29, 0.717) is 30.9 Å². The highest BCUT2D eigenvalue weighted by molar-refractivity contribution is 9.10. The molecule has 0 fully saturated rings. The Labute approximate surface area is 129 Å². The van der Waals surface area contributed by atoms with Crippen molar-refractivity contribution in [3.05, 3.63) is 28.2 Å². The van der Waals surface area contributed by atoms with E-state index in [2.05, 4.69) is 29.8 Å². The largest absolute Gasteiger partial charge is 0.497 e. The second kappa shape index (κ2) is 7.09. The number of carbonyl (C=O) groups excluding carboxylic acids is 1. The Kier molecular flexibility index (Phi) is 6.02. The molecule has 0 atom stereocenters. The van der Waals surface area contributed by atoms with E-state index in [9.17, 15) is 4.79 Å². The molecule has 4 nitrogen and oxygen atoms in total. The van der Waals surface area contributed by atoms with Gasteiger partial charge in [-0.15, -0.1) is 0 Å². The van der Waals surface area contributed by atoms with Gasteiger partial charge in [0.2, 0.25) is 0 Å². The highest BCUT2D eigenvalue weighted by Crippen LogP contribution is 2.25. The van der Waals surface area contributed by atoms with Crippen molar-refractivity contribution in [1.82, 2.24) is 4.90 Å². The average Bonchev–Trinajstić information content (AvgIpc) is 2.44. The normalized spacial score (nSPS) is 11.3. The number of nitrogens with zero attached hydrogens (tertiary/aromatic N) is 1. The van der Waals surface area contributed by atoms with Crippen molar-refractivity contribution < 1.29 is 9.53 Å². The van der Waals surface area contributed by atoms with Crippen LogP contribution >= 0.6 is 15.9 Å². The standard InChI is InChI=1S/C15H23BrN2O2/c1-5-18(10-15(2,3)9-17)14(19)12-8-11(20-4)6-7-13(12)16/h6-8H,5,9-10,17H2,1-4H3. The first-order chi connectivity index (χ1) is 9.34. The van der Waals surface area contributed by atoms with Crippen molar-refractivity contribution >= 4 is 21.8 Å². The molecular weight excluding hydrogens is 320 g/mol. The Morgan fingerprint density at radius 2 is 2.10 bits per heavy atom. The van der Waals surface area contributed by atoms with Crippen molar-refractivity contribution in [2.45, 2.75) is 20.8 Å². The molecule has 0 bridgehead atoms. The molecule has 0 unspecified atom stereocenters. The van der Waals surface area contributed by atoms with Gasteiger partial charge in [-0.3, -0.25) is 4.79 Å². The number of nitrogens with two attached hydrogens (primary N) is 1. The Bertz CT molecular complexity index is 475. The molecule has 0 radical (unpaired) electrons. The Morgan fingerprint density at radius 1 is 1.45 bits per heavy atom. The third-order valence-electron chi connectivity index (χ3n) is 3.24. The van der Waals surface area contributed by atoms with Crippen LogP contribution in [0.3, 0.4) is 0 Å². The van der Waals surface area contributed by atoms with E-state index in [4.69, 9.17) is 10.5 Å². The summed E-state index contributed by atoms with van der Waals surface area (Å²) in [6.07, 6.45) is 0. The third-order valence-corrected chi connectivity index (χ3v) is 3.94. The van der Waals surface area contributed by atoms with Crippen LogP contribution < -0.4 is 10.5 Å². The van der Waals surface area contributed by atoms with Crippen molar-refractivity contribution in [3.63, 3.8) is 0 Å². The minimum Gasteiger partial charge on any atom is -0.497 e. The first kappa shape index (κ1) is 17.0. The van der Waals surface area contributed by atoms with Crippen molar-refractivity contribution in [2.75, 3.05) is 26.7 Å². The maximum atomic E-state index is 12.7. The van der Waals surface area contributed by atoms with Crippen LogP contribution in [0.2, 0.25) is 0 Å². The van der Waals surface area contributed by atoms with Gasteiger partial charge in [0, 0.05) is 17.6 Å². The second-order valence-electron chi connectivity index (χ2n) is 5.53. The van der Waals surface area contributed by atoms with Gasteiger partial charge in [0.15, 0.2) is 0 Å².